The summed E-state index contributed by atoms with van der Waals surface area (Å²) in [5.74, 6) is 0.710. The van der Waals surface area contributed by atoms with Gasteiger partial charge in [0.1, 0.15) is 5.82 Å². The minimum Gasteiger partial charge on any atom is -0.387 e. The van der Waals surface area contributed by atoms with Gasteiger partial charge in [0, 0.05) is 6.20 Å². The van der Waals surface area contributed by atoms with Gasteiger partial charge in [0.2, 0.25) is 0 Å². The number of aryl methyl sites for hydroxylation is 1. The molecular weight excluding hydrogens is 188 g/mol. The first kappa shape index (κ1) is 12.1. The predicted octanol–water partition coefficient (Wildman–Crippen LogP) is 2.64. The van der Waals surface area contributed by atoms with Crippen molar-refractivity contribution in [2.45, 2.75) is 46.6 Å². The smallest absolute Gasteiger partial charge is 0.125 e. The molecule has 1 aromatic heterocycles. The minimum atomic E-state index is -0.467. The average Bonchev–Trinajstić information content (AvgIpc) is 2.13. The second-order valence-electron chi connectivity index (χ2n) is 5.14. The summed E-state index contributed by atoms with van der Waals surface area (Å²) in [5, 5.41) is 9.92. The van der Waals surface area contributed by atoms with Crippen molar-refractivity contribution in [3.8, 4) is 0 Å². The third-order valence-corrected chi connectivity index (χ3v) is 2.31. The van der Waals surface area contributed by atoms with Crippen LogP contribution in [0.4, 0.5) is 0 Å². The van der Waals surface area contributed by atoms with Crippen molar-refractivity contribution < 1.29 is 5.11 Å². The van der Waals surface area contributed by atoms with E-state index in [1.807, 2.05) is 6.92 Å². The summed E-state index contributed by atoms with van der Waals surface area (Å²) >= 11 is 0. The van der Waals surface area contributed by atoms with E-state index in [1.165, 1.54) is 0 Å². The maximum absolute atomic E-state index is 9.92. The molecule has 1 N–H and O–H groups in total. The molecule has 0 saturated heterocycles. The highest BCUT2D eigenvalue weighted by Crippen LogP contribution is 2.26. The van der Waals surface area contributed by atoms with E-state index in [-0.39, 0.29) is 5.41 Å². The summed E-state index contributed by atoms with van der Waals surface area (Å²) in [6, 6.07) is 1.78. The van der Waals surface area contributed by atoms with Crippen LogP contribution in [0.2, 0.25) is 0 Å². The molecule has 0 aromatic carbocycles. The molecule has 0 saturated carbocycles. The van der Waals surface area contributed by atoms with Gasteiger partial charge in [-0.1, -0.05) is 20.8 Å². The van der Waals surface area contributed by atoms with E-state index in [0.717, 1.165) is 18.5 Å². The van der Waals surface area contributed by atoms with Crippen molar-refractivity contribution >= 4 is 0 Å². The molecule has 0 radical (unpaired) electrons. The SMILES string of the molecule is Cc1nccc(C(O)CCC(C)(C)C)n1. The van der Waals surface area contributed by atoms with Crippen LogP contribution in [0, 0.1) is 12.3 Å². The Balaban J connectivity index is 2.58. The van der Waals surface area contributed by atoms with Gasteiger partial charge in [-0.05, 0) is 31.2 Å². The highest BCUT2D eigenvalue weighted by atomic mass is 16.3. The molecule has 1 aromatic rings. The predicted molar refractivity (Wildman–Crippen MR) is 60.4 cm³/mol. The second kappa shape index (κ2) is 4.71. The summed E-state index contributed by atoms with van der Waals surface area (Å²) in [6.07, 6.45) is 2.96. The zero-order valence-corrected chi connectivity index (χ0v) is 9.99. The Morgan fingerprint density at radius 3 is 2.60 bits per heavy atom. The van der Waals surface area contributed by atoms with E-state index in [9.17, 15) is 5.11 Å². The van der Waals surface area contributed by atoms with E-state index in [0.29, 0.717) is 5.82 Å². The Labute approximate surface area is 91.6 Å². The number of aliphatic hydroxyl groups excluding tert-OH is 1. The van der Waals surface area contributed by atoms with Crippen LogP contribution in [-0.2, 0) is 0 Å². The van der Waals surface area contributed by atoms with Crippen LogP contribution in [-0.4, -0.2) is 15.1 Å². The van der Waals surface area contributed by atoms with Gasteiger partial charge < -0.3 is 5.11 Å². The Morgan fingerprint density at radius 2 is 2.07 bits per heavy atom. The molecule has 0 aliphatic rings. The third-order valence-electron chi connectivity index (χ3n) is 2.31. The molecule has 1 unspecified atom stereocenters. The van der Waals surface area contributed by atoms with Crippen LogP contribution in [0.25, 0.3) is 0 Å². The second-order valence-corrected chi connectivity index (χ2v) is 5.14. The number of nitrogens with zero attached hydrogens (tertiary/aromatic N) is 2. The lowest BCUT2D eigenvalue weighted by molar-refractivity contribution is 0.143. The van der Waals surface area contributed by atoms with Crippen molar-refractivity contribution in [3.05, 3.63) is 23.8 Å². The van der Waals surface area contributed by atoms with Crippen molar-refractivity contribution in [2.24, 2.45) is 5.41 Å². The first-order valence-corrected chi connectivity index (χ1v) is 5.36. The fourth-order valence-corrected chi connectivity index (χ4v) is 1.38. The standard InChI is InChI=1S/C12H20N2O/c1-9-13-8-6-10(14-9)11(15)5-7-12(2,3)4/h6,8,11,15H,5,7H2,1-4H3. The van der Waals surface area contributed by atoms with Crippen LogP contribution in [0.5, 0.6) is 0 Å². The number of aliphatic hydroxyl groups is 1. The molecule has 3 heteroatoms. The summed E-state index contributed by atoms with van der Waals surface area (Å²) in [6.45, 7) is 8.35. The molecule has 1 atom stereocenters. The van der Waals surface area contributed by atoms with Crippen molar-refractivity contribution in [1.82, 2.24) is 9.97 Å². The number of rotatable bonds is 3. The van der Waals surface area contributed by atoms with Crippen LogP contribution >= 0.6 is 0 Å². The summed E-state index contributed by atoms with van der Waals surface area (Å²) < 4.78 is 0. The largest absolute Gasteiger partial charge is 0.387 e. The monoisotopic (exact) mass is 208 g/mol. The molecule has 0 fully saturated rings. The number of hydrogen-bond acceptors (Lipinski definition) is 3. The summed E-state index contributed by atoms with van der Waals surface area (Å²) in [5.41, 5.74) is 0.982. The fourth-order valence-electron chi connectivity index (χ4n) is 1.38. The Bertz CT molecular complexity index is 318. The molecule has 84 valence electrons. The number of aromatic nitrogens is 2. The van der Waals surface area contributed by atoms with Gasteiger partial charge >= 0.3 is 0 Å². The van der Waals surface area contributed by atoms with Gasteiger partial charge in [-0.3, -0.25) is 0 Å². The van der Waals surface area contributed by atoms with Crippen LogP contribution in [0.15, 0.2) is 12.3 Å². The number of hydrogen-bond donors (Lipinski definition) is 1. The van der Waals surface area contributed by atoms with Gasteiger partial charge in [-0.25, -0.2) is 9.97 Å². The van der Waals surface area contributed by atoms with Gasteiger partial charge in [0.25, 0.3) is 0 Å². The Morgan fingerprint density at radius 1 is 1.40 bits per heavy atom. The molecule has 15 heavy (non-hydrogen) atoms. The molecule has 0 spiro atoms. The molecule has 1 rings (SSSR count). The first-order chi connectivity index (χ1) is 6.88. The summed E-state index contributed by atoms with van der Waals surface area (Å²) in [4.78, 5) is 8.22. The quantitative estimate of drug-likeness (QED) is 0.830. The molecule has 1 heterocycles. The average molecular weight is 208 g/mol. The zero-order valence-electron chi connectivity index (χ0n) is 9.99. The van der Waals surface area contributed by atoms with E-state index in [4.69, 9.17) is 0 Å². The van der Waals surface area contributed by atoms with Gasteiger partial charge in [-0.2, -0.15) is 0 Å². The van der Waals surface area contributed by atoms with Crippen molar-refractivity contribution in [2.75, 3.05) is 0 Å². The van der Waals surface area contributed by atoms with Crippen LogP contribution in [0.3, 0.4) is 0 Å². The zero-order chi connectivity index (χ0) is 11.5. The van der Waals surface area contributed by atoms with Crippen LogP contribution < -0.4 is 0 Å². The lowest BCUT2D eigenvalue weighted by Crippen LogP contribution is -2.09. The molecule has 0 aliphatic carbocycles. The lowest BCUT2D eigenvalue weighted by atomic mass is 9.89. The van der Waals surface area contributed by atoms with E-state index in [1.54, 1.807) is 12.3 Å². The molecule has 0 bridgehead atoms. The van der Waals surface area contributed by atoms with Crippen molar-refractivity contribution in [1.29, 1.82) is 0 Å². The maximum Gasteiger partial charge on any atom is 0.125 e. The van der Waals surface area contributed by atoms with Gasteiger partial charge in [-0.15, -0.1) is 0 Å². The molecule has 0 aliphatic heterocycles. The highest BCUT2D eigenvalue weighted by Gasteiger charge is 2.15. The van der Waals surface area contributed by atoms with E-state index in [2.05, 4.69) is 30.7 Å². The Hall–Kier alpha value is -0.960. The minimum absolute atomic E-state index is 0.253. The normalized spacial score (nSPS) is 13.9. The summed E-state index contributed by atoms with van der Waals surface area (Å²) in [7, 11) is 0. The molecule has 3 nitrogen and oxygen atoms in total. The maximum atomic E-state index is 9.92. The first-order valence-electron chi connectivity index (χ1n) is 5.36. The molecule has 0 amide bonds. The van der Waals surface area contributed by atoms with E-state index < -0.39 is 6.10 Å². The fraction of sp³-hybridized carbons (Fsp3) is 0.667. The topological polar surface area (TPSA) is 46.0 Å². The van der Waals surface area contributed by atoms with Gasteiger partial charge in [0.05, 0.1) is 11.8 Å². The van der Waals surface area contributed by atoms with E-state index >= 15 is 0 Å². The van der Waals surface area contributed by atoms with Crippen molar-refractivity contribution in [3.63, 3.8) is 0 Å². The lowest BCUT2D eigenvalue weighted by Gasteiger charge is -2.20. The van der Waals surface area contributed by atoms with Gasteiger partial charge in [0.15, 0.2) is 0 Å². The Kier molecular flexibility index (Phi) is 3.80. The van der Waals surface area contributed by atoms with Crippen LogP contribution in [0.1, 0.15) is 51.2 Å². The highest BCUT2D eigenvalue weighted by molar-refractivity contribution is 5.04. The third kappa shape index (κ3) is 4.38. The molecular formula is C12H20N2O.